The summed E-state index contributed by atoms with van der Waals surface area (Å²) in [7, 11) is 0. The van der Waals surface area contributed by atoms with Gasteiger partial charge in [-0.3, -0.25) is 0 Å². The van der Waals surface area contributed by atoms with E-state index in [1.54, 1.807) is 0 Å². The Morgan fingerprint density at radius 1 is 1.23 bits per heavy atom. The molecule has 0 saturated carbocycles. The molecule has 1 unspecified atom stereocenters. The summed E-state index contributed by atoms with van der Waals surface area (Å²) >= 11 is 5.90. The van der Waals surface area contributed by atoms with Crippen molar-refractivity contribution in [3.05, 3.63) is 34.9 Å². The van der Waals surface area contributed by atoms with Crippen LogP contribution in [0.15, 0.2) is 24.3 Å². The minimum Gasteiger partial charge on any atom is -0.308 e. The summed E-state index contributed by atoms with van der Waals surface area (Å²) in [6, 6.07) is 8.82. The molecule has 1 aromatic rings. The Labute approximate surface area is 85.1 Å². The van der Waals surface area contributed by atoms with Crippen molar-refractivity contribution in [2.75, 3.05) is 0 Å². The van der Waals surface area contributed by atoms with Crippen LogP contribution in [0.3, 0.4) is 0 Å². The molecular formula is C11H16ClN. The summed E-state index contributed by atoms with van der Waals surface area (Å²) in [4.78, 5) is 0. The highest BCUT2D eigenvalue weighted by atomic mass is 35.5. The van der Waals surface area contributed by atoms with Crippen molar-refractivity contribution in [1.29, 1.82) is 0 Å². The second-order valence-corrected chi connectivity index (χ2v) is 4.03. The van der Waals surface area contributed by atoms with Gasteiger partial charge in [-0.1, -0.05) is 37.6 Å². The number of hydrogen-bond acceptors (Lipinski definition) is 1. The lowest BCUT2D eigenvalue weighted by Gasteiger charge is -2.17. The smallest absolute Gasteiger partial charge is 0.0409 e. The molecule has 13 heavy (non-hydrogen) atoms. The van der Waals surface area contributed by atoms with Crippen molar-refractivity contribution in [3.8, 4) is 0 Å². The molecule has 1 N–H and O–H groups in total. The minimum atomic E-state index is 0.360. The van der Waals surface area contributed by atoms with Gasteiger partial charge in [0, 0.05) is 17.1 Å². The van der Waals surface area contributed by atoms with Gasteiger partial charge in [0.15, 0.2) is 0 Å². The zero-order chi connectivity index (χ0) is 9.84. The fourth-order valence-corrected chi connectivity index (χ4v) is 1.57. The highest BCUT2D eigenvalue weighted by Gasteiger charge is 2.05. The van der Waals surface area contributed by atoms with E-state index in [1.807, 2.05) is 18.2 Å². The van der Waals surface area contributed by atoms with Gasteiger partial charge in [0.25, 0.3) is 0 Å². The summed E-state index contributed by atoms with van der Waals surface area (Å²) in [5.41, 5.74) is 1.24. The molecule has 0 amide bonds. The normalized spacial score (nSPS) is 13.3. The van der Waals surface area contributed by atoms with Crippen molar-refractivity contribution in [3.63, 3.8) is 0 Å². The predicted molar refractivity (Wildman–Crippen MR) is 58.1 cm³/mol. The van der Waals surface area contributed by atoms with Crippen LogP contribution < -0.4 is 5.32 Å². The molecule has 0 aliphatic rings. The van der Waals surface area contributed by atoms with E-state index in [9.17, 15) is 0 Å². The molecule has 0 spiro atoms. The van der Waals surface area contributed by atoms with Gasteiger partial charge in [-0.05, 0) is 24.6 Å². The molecule has 0 saturated heterocycles. The number of nitrogens with one attached hydrogen (secondary N) is 1. The molecule has 2 heteroatoms. The monoisotopic (exact) mass is 197 g/mol. The van der Waals surface area contributed by atoms with Crippen LogP contribution >= 0.6 is 11.6 Å². The number of halogens is 1. The van der Waals surface area contributed by atoms with Crippen molar-refractivity contribution < 1.29 is 0 Å². The molecule has 1 rings (SSSR count). The minimum absolute atomic E-state index is 0.360. The van der Waals surface area contributed by atoms with Gasteiger partial charge in [0.05, 0.1) is 0 Å². The number of hydrogen-bond donors (Lipinski definition) is 1. The van der Waals surface area contributed by atoms with Crippen LogP contribution in [0, 0.1) is 0 Å². The van der Waals surface area contributed by atoms with Crippen LogP contribution in [0.1, 0.15) is 32.4 Å². The molecule has 1 atom stereocenters. The maximum absolute atomic E-state index is 5.90. The first-order chi connectivity index (χ1) is 6.09. The van der Waals surface area contributed by atoms with Gasteiger partial charge in [0.2, 0.25) is 0 Å². The summed E-state index contributed by atoms with van der Waals surface area (Å²) in [6.07, 6.45) is 0. The number of rotatable bonds is 3. The van der Waals surface area contributed by atoms with E-state index in [4.69, 9.17) is 11.6 Å². The molecule has 0 aliphatic carbocycles. The Kier molecular flexibility index (Phi) is 3.76. The summed E-state index contributed by atoms with van der Waals surface area (Å²) in [5.74, 6) is 0. The Morgan fingerprint density at radius 3 is 2.46 bits per heavy atom. The van der Waals surface area contributed by atoms with Crippen LogP contribution in [0.25, 0.3) is 0 Å². The van der Waals surface area contributed by atoms with E-state index in [0.29, 0.717) is 12.1 Å². The third kappa shape index (κ3) is 3.37. The molecule has 0 radical (unpaired) electrons. The number of benzene rings is 1. The Morgan fingerprint density at radius 2 is 1.92 bits per heavy atom. The molecule has 1 nitrogen and oxygen atoms in total. The zero-order valence-electron chi connectivity index (χ0n) is 8.34. The van der Waals surface area contributed by atoms with Crippen LogP contribution in [0.4, 0.5) is 0 Å². The SMILES string of the molecule is CC(C)NC(C)c1cccc(Cl)c1. The first-order valence-electron chi connectivity index (χ1n) is 4.61. The second kappa shape index (κ2) is 4.64. The van der Waals surface area contributed by atoms with E-state index in [-0.39, 0.29) is 0 Å². The van der Waals surface area contributed by atoms with Crippen molar-refractivity contribution in [1.82, 2.24) is 5.32 Å². The molecule has 0 heterocycles. The molecule has 0 bridgehead atoms. The average molecular weight is 198 g/mol. The topological polar surface area (TPSA) is 12.0 Å². The average Bonchev–Trinajstić information content (AvgIpc) is 2.03. The van der Waals surface area contributed by atoms with Crippen LogP contribution in [0.5, 0.6) is 0 Å². The Bertz CT molecular complexity index is 271. The largest absolute Gasteiger partial charge is 0.308 e. The van der Waals surface area contributed by atoms with Crippen LogP contribution in [-0.2, 0) is 0 Å². The van der Waals surface area contributed by atoms with Crippen LogP contribution in [-0.4, -0.2) is 6.04 Å². The van der Waals surface area contributed by atoms with Crippen molar-refractivity contribution in [2.45, 2.75) is 32.9 Å². The van der Waals surface area contributed by atoms with Crippen molar-refractivity contribution >= 4 is 11.6 Å². The van der Waals surface area contributed by atoms with Gasteiger partial charge in [-0.2, -0.15) is 0 Å². The van der Waals surface area contributed by atoms with E-state index in [0.717, 1.165) is 5.02 Å². The lowest BCUT2D eigenvalue weighted by Crippen LogP contribution is -2.25. The Balaban J connectivity index is 2.71. The summed E-state index contributed by atoms with van der Waals surface area (Å²) in [5, 5.41) is 4.23. The highest BCUT2D eigenvalue weighted by Crippen LogP contribution is 2.17. The van der Waals surface area contributed by atoms with Gasteiger partial charge < -0.3 is 5.32 Å². The first-order valence-corrected chi connectivity index (χ1v) is 4.99. The quantitative estimate of drug-likeness (QED) is 0.783. The third-order valence-corrected chi connectivity index (χ3v) is 2.17. The van der Waals surface area contributed by atoms with E-state index in [1.165, 1.54) is 5.56 Å². The maximum Gasteiger partial charge on any atom is 0.0409 e. The molecule has 1 aromatic carbocycles. The van der Waals surface area contributed by atoms with Gasteiger partial charge >= 0.3 is 0 Å². The lowest BCUT2D eigenvalue weighted by atomic mass is 10.1. The van der Waals surface area contributed by atoms with Crippen molar-refractivity contribution in [2.24, 2.45) is 0 Å². The fourth-order valence-electron chi connectivity index (χ4n) is 1.37. The molecular weight excluding hydrogens is 182 g/mol. The fraction of sp³-hybridized carbons (Fsp3) is 0.455. The standard InChI is InChI=1S/C11H16ClN/c1-8(2)13-9(3)10-5-4-6-11(12)7-10/h4-9,13H,1-3H3. The van der Waals surface area contributed by atoms with Crippen LogP contribution in [0.2, 0.25) is 5.02 Å². The molecule has 0 fully saturated rings. The Hall–Kier alpha value is -0.530. The van der Waals surface area contributed by atoms with E-state index in [2.05, 4.69) is 32.2 Å². The molecule has 0 aromatic heterocycles. The molecule has 0 aliphatic heterocycles. The molecule has 72 valence electrons. The van der Waals surface area contributed by atoms with Gasteiger partial charge in [-0.25, -0.2) is 0 Å². The third-order valence-electron chi connectivity index (χ3n) is 1.93. The summed E-state index contributed by atoms with van der Waals surface area (Å²) < 4.78 is 0. The summed E-state index contributed by atoms with van der Waals surface area (Å²) in [6.45, 7) is 6.42. The van der Waals surface area contributed by atoms with Gasteiger partial charge in [-0.15, -0.1) is 0 Å². The lowest BCUT2D eigenvalue weighted by molar-refractivity contribution is 0.506. The first kappa shape index (κ1) is 10.6. The van der Waals surface area contributed by atoms with E-state index < -0.39 is 0 Å². The zero-order valence-corrected chi connectivity index (χ0v) is 9.10. The highest BCUT2D eigenvalue weighted by molar-refractivity contribution is 6.30. The maximum atomic E-state index is 5.90. The predicted octanol–water partition coefficient (Wildman–Crippen LogP) is 3.40. The second-order valence-electron chi connectivity index (χ2n) is 3.60. The van der Waals surface area contributed by atoms with E-state index >= 15 is 0 Å². The van der Waals surface area contributed by atoms with Gasteiger partial charge in [0.1, 0.15) is 0 Å².